The SMILES string of the molecule is CC1(C)Oc2cc(Nc3ncc(F)c(N)n3)cnc2N(CC2CC2)C1=O.C[C@@H]1CCCN2CCCC[C@H]12.[HH]. The van der Waals surface area contributed by atoms with E-state index in [0.29, 0.717) is 29.7 Å². The normalized spacial score (nSPS) is 24.8. The molecule has 10 heteroatoms. The number of carbonyl (C=O) groups excluding carboxylic acids is 1. The average Bonchev–Trinajstić information content (AvgIpc) is 3.69. The molecule has 202 valence electrons. The first-order chi connectivity index (χ1) is 17.7. The molecule has 3 N–H and O–H groups in total. The Hall–Kier alpha value is -3.01. The zero-order valence-corrected chi connectivity index (χ0v) is 22.0. The van der Waals surface area contributed by atoms with Gasteiger partial charge in [-0.25, -0.2) is 14.4 Å². The van der Waals surface area contributed by atoms with Gasteiger partial charge in [0.05, 0.1) is 18.1 Å². The molecule has 0 radical (unpaired) electrons. The summed E-state index contributed by atoms with van der Waals surface area (Å²) in [6, 6.07) is 2.68. The third kappa shape index (κ3) is 5.79. The molecule has 2 aromatic heterocycles. The first-order valence-electron chi connectivity index (χ1n) is 13.5. The molecule has 2 aromatic rings. The van der Waals surface area contributed by atoms with Gasteiger partial charge in [0, 0.05) is 20.1 Å². The molecule has 2 atom stereocenters. The van der Waals surface area contributed by atoms with E-state index < -0.39 is 11.4 Å². The maximum Gasteiger partial charge on any atom is 0.271 e. The smallest absolute Gasteiger partial charge is 0.271 e. The summed E-state index contributed by atoms with van der Waals surface area (Å²) in [5.74, 6) is 1.62. The molecule has 4 aliphatic rings. The van der Waals surface area contributed by atoms with Crippen LogP contribution in [0.5, 0.6) is 5.75 Å². The lowest BCUT2D eigenvalue weighted by Gasteiger charge is -2.43. The number of ether oxygens (including phenoxy) is 1. The maximum absolute atomic E-state index is 13.2. The number of amides is 1. The molecule has 6 rings (SSSR count). The van der Waals surface area contributed by atoms with E-state index in [2.05, 4.69) is 32.1 Å². The number of aromatic nitrogens is 3. The molecule has 1 saturated carbocycles. The van der Waals surface area contributed by atoms with Crippen LogP contribution >= 0.6 is 0 Å². The molecule has 1 amide bonds. The lowest BCUT2D eigenvalue weighted by molar-refractivity contribution is -0.132. The Morgan fingerprint density at radius 3 is 2.68 bits per heavy atom. The second-order valence-corrected chi connectivity index (χ2v) is 11.3. The van der Waals surface area contributed by atoms with Crippen LogP contribution in [0.3, 0.4) is 0 Å². The highest BCUT2D eigenvalue weighted by Gasteiger charge is 2.43. The van der Waals surface area contributed by atoms with E-state index in [1.165, 1.54) is 45.2 Å². The number of anilines is 4. The van der Waals surface area contributed by atoms with Gasteiger partial charge in [0.2, 0.25) is 5.95 Å². The van der Waals surface area contributed by atoms with Crippen LogP contribution in [0.15, 0.2) is 18.5 Å². The lowest BCUT2D eigenvalue weighted by atomic mass is 9.85. The van der Waals surface area contributed by atoms with Crippen LogP contribution in [0.1, 0.15) is 67.1 Å². The molecule has 3 fully saturated rings. The third-order valence-corrected chi connectivity index (χ3v) is 7.80. The number of pyridine rings is 1. The molecule has 3 aliphatic heterocycles. The van der Waals surface area contributed by atoms with E-state index >= 15 is 0 Å². The summed E-state index contributed by atoms with van der Waals surface area (Å²) in [5, 5.41) is 2.91. The molecule has 1 aliphatic carbocycles. The van der Waals surface area contributed by atoms with E-state index in [9.17, 15) is 9.18 Å². The predicted octanol–water partition coefficient (Wildman–Crippen LogP) is 4.77. The van der Waals surface area contributed by atoms with Crippen LogP contribution < -0.4 is 20.7 Å². The van der Waals surface area contributed by atoms with Crippen molar-refractivity contribution in [2.75, 3.05) is 35.6 Å². The Balaban J connectivity index is 0.000000235. The zero-order valence-electron chi connectivity index (χ0n) is 22.0. The maximum atomic E-state index is 13.2. The number of nitrogen functional groups attached to an aromatic ring is 1. The van der Waals surface area contributed by atoms with Crippen LogP contribution in [0.2, 0.25) is 0 Å². The molecule has 0 bridgehead atoms. The quantitative estimate of drug-likeness (QED) is 0.602. The number of piperidine rings is 2. The predicted molar refractivity (Wildman–Crippen MR) is 143 cm³/mol. The van der Waals surface area contributed by atoms with Gasteiger partial charge < -0.3 is 20.7 Å². The van der Waals surface area contributed by atoms with Crippen molar-refractivity contribution in [3.05, 3.63) is 24.3 Å². The van der Waals surface area contributed by atoms with Crippen LogP contribution in [0.25, 0.3) is 0 Å². The molecule has 0 unspecified atom stereocenters. The Morgan fingerprint density at radius 1 is 1.16 bits per heavy atom. The minimum atomic E-state index is -0.973. The van der Waals surface area contributed by atoms with E-state index in [1.807, 2.05) is 0 Å². The molecule has 5 heterocycles. The number of halogens is 1. The van der Waals surface area contributed by atoms with Crippen molar-refractivity contribution >= 4 is 29.2 Å². The number of fused-ring (bicyclic) bond motifs is 2. The highest BCUT2D eigenvalue weighted by Crippen LogP contribution is 2.41. The highest BCUT2D eigenvalue weighted by molar-refractivity contribution is 6.01. The zero-order chi connectivity index (χ0) is 26.2. The van der Waals surface area contributed by atoms with Crippen molar-refractivity contribution in [2.45, 2.75) is 77.4 Å². The van der Waals surface area contributed by atoms with Crippen LogP contribution in [-0.4, -0.2) is 57.0 Å². The van der Waals surface area contributed by atoms with E-state index in [1.54, 1.807) is 31.0 Å². The summed E-state index contributed by atoms with van der Waals surface area (Å²) in [4.78, 5) is 29.2. The second-order valence-electron chi connectivity index (χ2n) is 11.3. The summed E-state index contributed by atoms with van der Waals surface area (Å²) in [7, 11) is 0. The molecular weight excluding hydrogens is 473 g/mol. The van der Waals surface area contributed by atoms with Crippen molar-refractivity contribution in [2.24, 2.45) is 11.8 Å². The Kier molecular flexibility index (Phi) is 7.20. The fraction of sp³-hybridized carbons (Fsp3) is 0.630. The fourth-order valence-electron chi connectivity index (χ4n) is 5.57. The lowest BCUT2D eigenvalue weighted by Crippen LogP contribution is -2.53. The monoisotopic (exact) mass is 513 g/mol. The first kappa shape index (κ1) is 25.6. The van der Waals surface area contributed by atoms with E-state index in [4.69, 9.17) is 10.5 Å². The number of hydrogen-bond donors (Lipinski definition) is 2. The topological polar surface area (TPSA) is 109 Å². The molecule has 0 aromatic carbocycles. The van der Waals surface area contributed by atoms with Gasteiger partial charge in [-0.1, -0.05) is 13.3 Å². The number of carbonyl (C=O) groups is 1. The standard InChI is InChI=1S/C17H19FN6O2.C10H19N.H2/c1-17(2)15(25)24(8-9-3-4-9)14-12(26-17)5-10(6-20-14)22-16-21-7-11(18)13(19)23-16;1-9-5-4-8-11-7-3-2-6-10(9)11;/h5-7,9H,3-4,8H2,1-2H3,(H3,19,21,22,23);9-10H,2-8H2,1H3;1H/t;9-,10-;/m.1./s1. The molecule has 2 saturated heterocycles. The van der Waals surface area contributed by atoms with Crippen LogP contribution in [0, 0.1) is 17.7 Å². The van der Waals surface area contributed by atoms with Gasteiger partial charge >= 0.3 is 0 Å². The van der Waals surface area contributed by atoms with E-state index in [0.717, 1.165) is 31.0 Å². The first-order valence-corrected chi connectivity index (χ1v) is 13.5. The summed E-state index contributed by atoms with van der Waals surface area (Å²) >= 11 is 0. The third-order valence-electron chi connectivity index (χ3n) is 7.80. The van der Waals surface area contributed by atoms with Gasteiger partial charge in [0.15, 0.2) is 28.8 Å². The van der Waals surface area contributed by atoms with Gasteiger partial charge in [-0.05, 0) is 77.3 Å². The van der Waals surface area contributed by atoms with Gasteiger partial charge in [-0.15, -0.1) is 0 Å². The highest BCUT2D eigenvalue weighted by atomic mass is 19.1. The molecule has 0 spiro atoms. The van der Waals surface area contributed by atoms with Crippen molar-refractivity contribution in [3.63, 3.8) is 0 Å². The van der Waals surface area contributed by atoms with Crippen molar-refractivity contribution in [3.8, 4) is 5.75 Å². The van der Waals surface area contributed by atoms with Gasteiger partial charge in [-0.3, -0.25) is 9.69 Å². The molecule has 37 heavy (non-hydrogen) atoms. The summed E-state index contributed by atoms with van der Waals surface area (Å²) in [6.07, 6.45) is 12.1. The Labute approximate surface area is 219 Å². The van der Waals surface area contributed by atoms with Gasteiger partial charge in [-0.2, -0.15) is 4.98 Å². The van der Waals surface area contributed by atoms with Crippen LogP contribution in [-0.2, 0) is 4.79 Å². The molecular formula is C27H40FN7O2. The second kappa shape index (κ2) is 10.4. The van der Waals surface area contributed by atoms with Crippen molar-refractivity contribution < 1.29 is 15.3 Å². The number of nitrogens with zero attached hydrogens (tertiary/aromatic N) is 5. The minimum Gasteiger partial charge on any atom is -0.474 e. The van der Waals surface area contributed by atoms with Crippen molar-refractivity contribution in [1.29, 1.82) is 0 Å². The Morgan fingerprint density at radius 2 is 1.95 bits per heavy atom. The van der Waals surface area contributed by atoms with Crippen LogP contribution in [0.4, 0.5) is 27.7 Å². The summed E-state index contributed by atoms with van der Waals surface area (Å²) in [6.45, 7) is 9.33. The fourth-order valence-corrected chi connectivity index (χ4v) is 5.57. The van der Waals surface area contributed by atoms with Gasteiger partial charge in [0.1, 0.15) is 0 Å². The van der Waals surface area contributed by atoms with Gasteiger partial charge in [0.25, 0.3) is 5.91 Å². The Bertz CT molecular complexity index is 1140. The van der Waals surface area contributed by atoms with E-state index in [-0.39, 0.29) is 19.1 Å². The largest absolute Gasteiger partial charge is 0.474 e. The number of hydrogen-bond acceptors (Lipinski definition) is 8. The number of rotatable bonds is 4. The van der Waals surface area contributed by atoms with Crippen molar-refractivity contribution in [1.82, 2.24) is 19.9 Å². The average molecular weight is 514 g/mol. The summed E-state index contributed by atoms with van der Waals surface area (Å²) in [5.41, 5.74) is 5.03. The molecule has 9 nitrogen and oxygen atoms in total. The number of nitrogens with two attached hydrogens (primary N) is 1. The summed E-state index contributed by atoms with van der Waals surface area (Å²) < 4.78 is 19.1. The minimum absolute atomic E-state index is 0. The number of nitrogens with one attached hydrogen (secondary N) is 1.